The zero-order valence-electron chi connectivity index (χ0n) is 6.98. The maximum Gasteiger partial charge on any atom is 0.146 e. The Bertz CT molecular complexity index is 144. The van der Waals surface area contributed by atoms with Crippen LogP contribution in [-0.2, 0) is 4.79 Å². The van der Waals surface area contributed by atoms with Gasteiger partial charge >= 0.3 is 0 Å². The Morgan fingerprint density at radius 2 is 2.27 bits per heavy atom. The maximum atomic E-state index is 11.3. The molecule has 1 rings (SSSR count). The number of alkyl halides is 1. The van der Waals surface area contributed by atoms with Crippen LogP contribution in [-0.4, -0.2) is 10.6 Å². The van der Waals surface area contributed by atoms with Gasteiger partial charge in [0.25, 0.3) is 0 Å². The molecule has 11 heavy (non-hydrogen) atoms. The van der Waals surface area contributed by atoms with E-state index in [0.29, 0.717) is 11.7 Å². The molecule has 1 aliphatic carbocycles. The number of rotatable bonds is 1. The third kappa shape index (κ3) is 2.29. The molecule has 1 nitrogen and oxygen atoms in total. The number of hydrogen-bond donors (Lipinski definition) is 0. The van der Waals surface area contributed by atoms with Crippen LogP contribution in [0.25, 0.3) is 0 Å². The molecule has 1 fully saturated rings. The van der Waals surface area contributed by atoms with Crippen molar-refractivity contribution in [2.75, 3.05) is 0 Å². The molecule has 0 heterocycles. The van der Waals surface area contributed by atoms with Gasteiger partial charge in [0.15, 0.2) is 0 Å². The van der Waals surface area contributed by atoms with Gasteiger partial charge in [0.1, 0.15) is 5.78 Å². The van der Waals surface area contributed by atoms with E-state index in [4.69, 9.17) is 0 Å². The third-order valence-corrected chi connectivity index (χ3v) is 3.75. The summed E-state index contributed by atoms with van der Waals surface area (Å²) in [5.74, 6) is 0.999. The summed E-state index contributed by atoms with van der Waals surface area (Å²) in [7, 11) is 0. The number of hydrogen-bond acceptors (Lipinski definition) is 1. The predicted octanol–water partition coefficient (Wildman–Crippen LogP) is 2.92. The van der Waals surface area contributed by atoms with Gasteiger partial charge in [-0.2, -0.15) is 0 Å². The van der Waals surface area contributed by atoms with E-state index in [2.05, 4.69) is 22.9 Å². The van der Waals surface area contributed by atoms with Crippen LogP contribution in [0.1, 0.15) is 39.0 Å². The summed E-state index contributed by atoms with van der Waals surface area (Å²) in [6.45, 7) is 2.16. The lowest BCUT2D eigenvalue weighted by molar-refractivity contribution is -0.118. The molecular formula is C9H15BrO. The molecule has 0 aromatic rings. The second kappa shape index (κ2) is 4.24. The fourth-order valence-corrected chi connectivity index (χ4v) is 2.53. The fraction of sp³-hybridized carbons (Fsp3) is 0.889. The van der Waals surface area contributed by atoms with Gasteiger partial charge in [0, 0.05) is 6.42 Å². The Morgan fingerprint density at radius 1 is 1.55 bits per heavy atom. The maximum absolute atomic E-state index is 11.3. The molecule has 0 aromatic heterocycles. The second-order valence-electron chi connectivity index (χ2n) is 3.28. The Morgan fingerprint density at radius 3 is 2.91 bits per heavy atom. The largest absolute Gasteiger partial charge is 0.298 e. The van der Waals surface area contributed by atoms with E-state index in [0.717, 1.165) is 19.3 Å². The quantitative estimate of drug-likeness (QED) is 0.489. The van der Waals surface area contributed by atoms with Gasteiger partial charge in [-0.15, -0.1) is 0 Å². The Labute approximate surface area is 76.7 Å². The number of ketones is 1. The minimum Gasteiger partial charge on any atom is -0.298 e. The van der Waals surface area contributed by atoms with E-state index >= 15 is 0 Å². The summed E-state index contributed by atoms with van der Waals surface area (Å²) in [5.41, 5.74) is 0. The lowest BCUT2D eigenvalue weighted by atomic mass is 9.97. The van der Waals surface area contributed by atoms with Crippen LogP contribution in [0, 0.1) is 5.92 Å². The highest BCUT2D eigenvalue weighted by Crippen LogP contribution is 2.28. The first kappa shape index (κ1) is 9.24. The molecule has 0 bridgehead atoms. The molecule has 64 valence electrons. The van der Waals surface area contributed by atoms with Gasteiger partial charge in [-0.1, -0.05) is 35.7 Å². The summed E-state index contributed by atoms with van der Waals surface area (Å²) < 4.78 is 0. The van der Waals surface area contributed by atoms with Crippen molar-refractivity contribution in [1.29, 1.82) is 0 Å². The predicted molar refractivity (Wildman–Crippen MR) is 50.0 cm³/mol. The molecule has 0 unspecified atom stereocenters. The second-order valence-corrected chi connectivity index (χ2v) is 4.27. The van der Waals surface area contributed by atoms with Crippen LogP contribution in [0.5, 0.6) is 0 Å². The van der Waals surface area contributed by atoms with Gasteiger partial charge in [-0.3, -0.25) is 4.79 Å². The minimum atomic E-state index is 0.148. The van der Waals surface area contributed by atoms with Gasteiger partial charge in [0.2, 0.25) is 0 Å². The highest BCUT2D eigenvalue weighted by molar-refractivity contribution is 9.10. The normalized spacial score (nSPS) is 33.5. The van der Waals surface area contributed by atoms with Crippen molar-refractivity contribution in [1.82, 2.24) is 0 Å². The van der Waals surface area contributed by atoms with Gasteiger partial charge < -0.3 is 0 Å². The summed E-state index contributed by atoms with van der Waals surface area (Å²) in [6, 6.07) is 0. The minimum absolute atomic E-state index is 0.148. The van der Waals surface area contributed by atoms with Crippen LogP contribution in [0.4, 0.5) is 0 Å². The molecule has 2 atom stereocenters. The molecule has 2 heteroatoms. The average molecular weight is 219 g/mol. The van der Waals surface area contributed by atoms with Crippen LogP contribution < -0.4 is 0 Å². The molecule has 1 aliphatic rings. The highest BCUT2D eigenvalue weighted by atomic mass is 79.9. The van der Waals surface area contributed by atoms with Crippen molar-refractivity contribution >= 4 is 21.7 Å². The molecule has 0 N–H and O–H groups in total. The number of carbonyl (C=O) groups is 1. The van der Waals surface area contributed by atoms with Crippen LogP contribution in [0.2, 0.25) is 0 Å². The van der Waals surface area contributed by atoms with Gasteiger partial charge in [-0.25, -0.2) is 0 Å². The Balaban J connectivity index is 2.56. The first-order valence-corrected chi connectivity index (χ1v) is 5.34. The fourth-order valence-electron chi connectivity index (χ4n) is 1.66. The molecule has 0 aliphatic heterocycles. The van der Waals surface area contributed by atoms with Crippen LogP contribution in [0.3, 0.4) is 0 Å². The van der Waals surface area contributed by atoms with Gasteiger partial charge in [0.05, 0.1) is 4.83 Å². The van der Waals surface area contributed by atoms with Crippen LogP contribution in [0.15, 0.2) is 0 Å². The van der Waals surface area contributed by atoms with E-state index in [-0.39, 0.29) is 4.83 Å². The summed E-state index contributed by atoms with van der Waals surface area (Å²) in [6.07, 6.45) is 5.45. The average Bonchev–Trinajstić information content (AvgIpc) is 2.16. The van der Waals surface area contributed by atoms with E-state index in [1.54, 1.807) is 0 Å². The highest BCUT2D eigenvalue weighted by Gasteiger charge is 2.25. The monoisotopic (exact) mass is 218 g/mol. The van der Waals surface area contributed by atoms with E-state index in [1.165, 1.54) is 12.8 Å². The molecule has 0 saturated heterocycles. The van der Waals surface area contributed by atoms with Gasteiger partial charge in [-0.05, 0) is 18.8 Å². The molecule has 0 radical (unpaired) electrons. The van der Waals surface area contributed by atoms with Crippen molar-refractivity contribution in [3.8, 4) is 0 Å². The lowest BCUT2D eigenvalue weighted by Crippen LogP contribution is -2.20. The standard InChI is InChI=1S/C9H15BrO/c1-2-7-5-3-4-6-8(11)9(7)10/h7,9H,2-6H2,1H3/t7-,9-/m0/s1. The third-order valence-electron chi connectivity index (χ3n) is 2.49. The van der Waals surface area contributed by atoms with Crippen molar-refractivity contribution < 1.29 is 4.79 Å². The molecule has 1 saturated carbocycles. The van der Waals surface area contributed by atoms with Crippen LogP contribution >= 0.6 is 15.9 Å². The van der Waals surface area contributed by atoms with E-state index in [9.17, 15) is 4.79 Å². The molecule has 0 spiro atoms. The SMILES string of the molecule is CC[C@H]1CCCCC(=O)[C@H]1Br. The molecule has 0 amide bonds. The van der Waals surface area contributed by atoms with E-state index in [1.807, 2.05) is 0 Å². The number of carbonyl (C=O) groups excluding carboxylic acids is 1. The number of halogens is 1. The van der Waals surface area contributed by atoms with Crippen molar-refractivity contribution in [3.63, 3.8) is 0 Å². The number of Topliss-reactive ketones (excluding diaryl/α,β-unsaturated/α-hetero) is 1. The lowest BCUT2D eigenvalue weighted by Gasteiger charge is -2.15. The smallest absolute Gasteiger partial charge is 0.146 e. The topological polar surface area (TPSA) is 17.1 Å². The molecule has 0 aromatic carbocycles. The van der Waals surface area contributed by atoms with E-state index < -0.39 is 0 Å². The summed E-state index contributed by atoms with van der Waals surface area (Å²) in [5, 5.41) is 0. The van der Waals surface area contributed by atoms with Crippen molar-refractivity contribution in [3.05, 3.63) is 0 Å². The first-order chi connectivity index (χ1) is 5.25. The molecular weight excluding hydrogens is 204 g/mol. The summed E-state index contributed by atoms with van der Waals surface area (Å²) in [4.78, 5) is 11.5. The Kier molecular flexibility index (Phi) is 3.57. The van der Waals surface area contributed by atoms with Crippen molar-refractivity contribution in [2.45, 2.75) is 43.9 Å². The first-order valence-electron chi connectivity index (χ1n) is 4.42. The zero-order chi connectivity index (χ0) is 8.27. The zero-order valence-corrected chi connectivity index (χ0v) is 8.56. The Hall–Kier alpha value is 0.150. The van der Waals surface area contributed by atoms with Crippen molar-refractivity contribution in [2.24, 2.45) is 5.92 Å². The summed E-state index contributed by atoms with van der Waals surface area (Å²) >= 11 is 3.48.